The maximum Gasteiger partial charge on any atom is 0.263 e. The number of alkyl halides is 2. The molecule has 1 saturated carbocycles. The molecule has 1 aliphatic rings. The molecule has 1 fully saturated rings. The number of nitrogens with zero attached hydrogens (tertiary/aromatic N) is 2. The molecular formula is C16H23F2N3O2. The predicted molar refractivity (Wildman–Crippen MR) is 84.1 cm³/mol. The molecule has 0 aliphatic heterocycles. The number of hydrogen-bond donors (Lipinski definition) is 1. The number of amides is 1. The number of carbonyl (C=O) groups is 1. The van der Waals surface area contributed by atoms with E-state index in [0.717, 1.165) is 0 Å². The van der Waals surface area contributed by atoms with Crippen LogP contribution in [0.2, 0.25) is 0 Å². The Balaban J connectivity index is 2.21. The van der Waals surface area contributed by atoms with Gasteiger partial charge in [0, 0.05) is 37.7 Å². The minimum absolute atomic E-state index is 0.0355. The van der Waals surface area contributed by atoms with Gasteiger partial charge in [-0.05, 0) is 39.6 Å². The second kappa shape index (κ2) is 6.39. The fraction of sp³-hybridized carbons (Fsp3) is 0.625. The molecule has 1 heterocycles. The molecule has 7 heteroatoms. The number of aromatic nitrogens is 1. The van der Waals surface area contributed by atoms with Crippen LogP contribution in [-0.4, -0.2) is 48.0 Å². The SMILES string of the molecule is Cc1ccn(C(C)CN(C)C)c(=O)c1C(=O)NC1CC(F)(F)C1. The molecule has 1 unspecified atom stereocenters. The third-order valence-corrected chi connectivity index (χ3v) is 4.08. The molecule has 0 bridgehead atoms. The van der Waals surface area contributed by atoms with Crippen molar-refractivity contribution in [3.63, 3.8) is 0 Å². The number of rotatable bonds is 5. The van der Waals surface area contributed by atoms with Gasteiger partial charge in [-0.3, -0.25) is 9.59 Å². The first-order valence-corrected chi connectivity index (χ1v) is 7.66. The van der Waals surface area contributed by atoms with Crippen molar-refractivity contribution in [3.05, 3.63) is 33.7 Å². The van der Waals surface area contributed by atoms with Gasteiger partial charge in [-0.15, -0.1) is 0 Å². The monoisotopic (exact) mass is 327 g/mol. The Kier molecular flexibility index (Phi) is 4.89. The summed E-state index contributed by atoms with van der Waals surface area (Å²) in [5.41, 5.74) is 0.197. The number of hydrogen-bond acceptors (Lipinski definition) is 3. The van der Waals surface area contributed by atoms with E-state index in [0.29, 0.717) is 12.1 Å². The number of carbonyl (C=O) groups excluding carboxylic acids is 1. The minimum Gasteiger partial charge on any atom is -0.349 e. The van der Waals surface area contributed by atoms with Gasteiger partial charge in [0.15, 0.2) is 0 Å². The van der Waals surface area contributed by atoms with Gasteiger partial charge in [0.1, 0.15) is 5.56 Å². The van der Waals surface area contributed by atoms with Crippen molar-refractivity contribution < 1.29 is 13.6 Å². The third-order valence-electron chi connectivity index (χ3n) is 4.08. The average Bonchev–Trinajstić information content (AvgIpc) is 2.35. The van der Waals surface area contributed by atoms with Crippen LogP contribution in [0.3, 0.4) is 0 Å². The van der Waals surface area contributed by atoms with Gasteiger partial charge in [-0.25, -0.2) is 8.78 Å². The van der Waals surface area contributed by atoms with Crippen LogP contribution in [0.15, 0.2) is 17.1 Å². The summed E-state index contributed by atoms with van der Waals surface area (Å²) in [6.07, 6.45) is 0.936. The molecule has 0 radical (unpaired) electrons. The highest BCUT2D eigenvalue weighted by molar-refractivity contribution is 5.95. The topological polar surface area (TPSA) is 54.3 Å². The molecular weight excluding hydrogens is 304 g/mol. The van der Waals surface area contributed by atoms with Gasteiger partial charge >= 0.3 is 0 Å². The molecule has 1 N–H and O–H groups in total. The van der Waals surface area contributed by atoms with Gasteiger partial charge in [-0.2, -0.15) is 0 Å². The van der Waals surface area contributed by atoms with Crippen molar-refractivity contribution >= 4 is 5.91 Å². The minimum atomic E-state index is -2.70. The molecule has 0 saturated heterocycles. The maximum atomic E-state index is 12.9. The zero-order chi connectivity index (χ0) is 17.4. The smallest absolute Gasteiger partial charge is 0.263 e. The van der Waals surface area contributed by atoms with Crippen LogP contribution < -0.4 is 10.9 Å². The van der Waals surface area contributed by atoms with E-state index in [-0.39, 0.29) is 30.0 Å². The molecule has 1 aromatic heterocycles. The molecule has 1 amide bonds. The standard InChI is InChI=1S/C16H23F2N3O2/c1-10-5-6-21(11(2)9-20(3)4)15(23)13(10)14(22)19-12-7-16(17,18)8-12/h5-6,11-12H,7-9H2,1-4H3,(H,19,22). The van der Waals surface area contributed by atoms with E-state index in [1.54, 1.807) is 19.2 Å². The van der Waals surface area contributed by atoms with E-state index < -0.39 is 17.9 Å². The summed E-state index contributed by atoms with van der Waals surface area (Å²) < 4.78 is 27.2. The molecule has 0 aromatic carbocycles. The Hall–Kier alpha value is -1.76. The number of nitrogens with one attached hydrogen (secondary N) is 1. The lowest BCUT2D eigenvalue weighted by Crippen LogP contribution is -2.51. The van der Waals surface area contributed by atoms with Crippen molar-refractivity contribution in [2.45, 2.75) is 44.7 Å². The molecule has 1 aliphatic carbocycles. The van der Waals surface area contributed by atoms with E-state index in [4.69, 9.17) is 0 Å². The van der Waals surface area contributed by atoms with Gasteiger partial charge in [0.05, 0.1) is 0 Å². The van der Waals surface area contributed by atoms with Crippen LogP contribution in [0.4, 0.5) is 8.78 Å². The number of aryl methyl sites for hydroxylation is 1. The summed E-state index contributed by atoms with van der Waals surface area (Å²) in [5, 5.41) is 2.53. The van der Waals surface area contributed by atoms with E-state index in [1.807, 2.05) is 25.9 Å². The van der Waals surface area contributed by atoms with E-state index in [9.17, 15) is 18.4 Å². The third kappa shape index (κ3) is 3.96. The Morgan fingerprint density at radius 3 is 2.61 bits per heavy atom. The van der Waals surface area contributed by atoms with Crippen LogP contribution in [0.5, 0.6) is 0 Å². The summed E-state index contributed by atoms with van der Waals surface area (Å²) in [4.78, 5) is 26.9. The molecule has 23 heavy (non-hydrogen) atoms. The quantitative estimate of drug-likeness (QED) is 0.897. The Morgan fingerprint density at radius 1 is 1.48 bits per heavy atom. The summed E-state index contributed by atoms with van der Waals surface area (Å²) in [6, 6.07) is 1.04. The summed E-state index contributed by atoms with van der Waals surface area (Å²) in [7, 11) is 3.81. The highest BCUT2D eigenvalue weighted by Gasteiger charge is 2.46. The van der Waals surface area contributed by atoms with Crippen molar-refractivity contribution in [2.75, 3.05) is 20.6 Å². The number of likely N-dealkylation sites (N-methyl/N-ethyl adjacent to an activating group) is 1. The summed E-state index contributed by atoms with van der Waals surface area (Å²) in [6.45, 7) is 4.22. The fourth-order valence-corrected chi connectivity index (χ4v) is 2.90. The number of halogens is 2. The van der Waals surface area contributed by atoms with Crippen LogP contribution >= 0.6 is 0 Å². The highest BCUT2D eigenvalue weighted by atomic mass is 19.3. The van der Waals surface area contributed by atoms with Crippen LogP contribution in [0.25, 0.3) is 0 Å². The van der Waals surface area contributed by atoms with Crippen molar-refractivity contribution in [1.29, 1.82) is 0 Å². The number of pyridine rings is 1. The Morgan fingerprint density at radius 2 is 2.09 bits per heavy atom. The van der Waals surface area contributed by atoms with Crippen LogP contribution in [-0.2, 0) is 0 Å². The zero-order valence-electron chi connectivity index (χ0n) is 13.9. The van der Waals surface area contributed by atoms with Gasteiger partial charge < -0.3 is 14.8 Å². The molecule has 0 spiro atoms. The van der Waals surface area contributed by atoms with E-state index in [1.165, 1.54) is 4.57 Å². The lowest BCUT2D eigenvalue weighted by Gasteiger charge is -2.35. The van der Waals surface area contributed by atoms with Crippen molar-refractivity contribution in [3.8, 4) is 0 Å². The molecule has 2 rings (SSSR count). The van der Waals surface area contributed by atoms with Gasteiger partial charge in [0.2, 0.25) is 0 Å². The van der Waals surface area contributed by atoms with E-state index in [2.05, 4.69) is 5.32 Å². The lowest BCUT2D eigenvalue weighted by atomic mass is 9.88. The van der Waals surface area contributed by atoms with E-state index >= 15 is 0 Å². The van der Waals surface area contributed by atoms with Crippen LogP contribution in [0.1, 0.15) is 41.7 Å². The van der Waals surface area contributed by atoms with Crippen molar-refractivity contribution in [1.82, 2.24) is 14.8 Å². The normalized spacial score (nSPS) is 18.6. The highest BCUT2D eigenvalue weighted by Crippen LogP contribution is 2.37. The fourth-order valence-electron chi connectivity index (χ4n) is 2.90. The lowest BCUT2D eigenvalue weighted by molar-refractivity contribution is -0.0901. The maximum absolute atomic E-state index is 12.9. The first-order valence-electron chi connectivity index (χ1n) is 7.66. The second-order valence-electron chi connectivity index (χ2n) is 6.63. The molecule has 1 aromatic rings. The van der Waals surface area contributed by atoms with Gasteiger partial charge in [-0.1, -0.05) is 0 Å². The second-order valence-corrected chi connectivity index (χ2v) is 6.63. The van der Waals surface area contributed by atoms with Crippen molar-refractivity contribution in [2.24, 2.45) is 0 Å². The summed E-state index contributed by atoms with van der Waals surface area (Å²) >= 11 is 0. The van der Waals surface area contributed by atoms with Crippen LogP contribution in [0, 0.1) is 6.92 Å². The largest absolute Gasteiger partial charge is 0.349 e. The average molecular weight is 327 g/mol. The van der Waals surface area contributed by atoms with Gasteiger partial charge in [0.25, 0.3) is 17.4 Å². The first-order chi connectivity index (χ1) is 10.6. The predicted octanol–water partition coefficient (Wildman–Crippen LogP) is 1.81. The molecule has 1 atom stereocenters. The first kappa shape index (κ1) is 17.6. The summed E-state index contributed by atoms with van der Waals surface area (Å²) in [5.74, 6) is -3.27. The Labute approximate surface area is 134 Å². The Bertz CT molecular complexity index is 647. The molecule has 5 nitrogen and oxygen atoms in total. The zero-order valence-corrected chi connectivity index (χ0v) is 13.9. The molecule has 128 valence electrons.